The molecule has 0 unspecified atom stereocenters. The molecule has 1 aliphatic heterocycles. The minimum absolute atomic E-state index is 0.0550. The van der Waals surface area contributed by atoms with Gasteiger partial charge in [0.25, 0.3) is 0 Å². The second-order valence-electron chi connectivity index (χ2n) is 4.56. The van der Waals surface area contributed by atoms with Crippen molar-refractivity contribution in [2.75, 3.05) is 19.6 Å². The van der Waals surface area contributed by atoms with Crippen LogP contribution in [0.4, 0.5) is 0 Å². The van der Waals surface area contributed by atoms with Crippen molar-refractivity contribution >= 4 is 32.8 Å². The quantitative estimate of drug-likeness (QED) is 0.882. The van der Waals surface area contributed by atoms with Crippen molar-refractivity contribution in [1.29, 1.82) is 0 Å². The third-order valence-electron chi connectivity index (χ3n) is 3.28. The maximum atomic E-state index is 12.7. The lowest BCUT2D eigenvalue weighted by Gasteiger charge is -2.32. The summed E-state index contributed by atoms with van der Waals surface area (Å²) in [4.78, 5) is 0.257. The summed E-state index contributed by atoms with van der Waals surface area (Å²) in [7, 11) is -3.51. The van der Waals surface area contributed by atoms with Crippen molar-refractivity contribution in [3.8, 4) is 0 Å². The van der Waals surface area contributed by atoms with Crippen molar-refractivity contribution in [2.24, 2.45) is 0 Å². The van der Waals surface area contributed by atoms with E-state index in [1.807, 2.05) is 6.92 Å². The molecule has 0 saturated carbocycles. The first-order chi connectivity index (χ1) is 9.10. The van der Waals surface area contributed by atoms with E-state index >= 15 is 0 Å². The van der Waals surface area contributed by atoms with E-state index in [0.29, 0.717) is 30.7 Å². The maximum absolute atomic E-state index is 12.7. The van der Waals surface area contributed by atoms with Crippen LogP contribution >= 0.6 is 11.7 Å². The number of nitrogens with zero attached hydrogens (tertiary/aromatic N) is 3. The van der Waals surface area contributed by atoms with Gasteiger partial charge in [-0.25, -0.2) is 8.42 Å². The molecule has 0 radical (unpaired) electrons. The summed E-state index contributed by atoms with van der Waals surface area (Å²) in [6, 6.07) is 5.04. The maximum Gasteiger partial charge on any atom is 0.245 e. The van der Waals surface area contributed by atoms with Gasteiger partial charge in [-0.1, -0.05) is 6.07 Å². The van der Waals surface area contributed by atoms with E-state index in [1.54, 1.807) is 18.2 Å². The van der Waals surface area contributed by atoms with Crippen LogP contribution in [0.3, 0.4) is 0 Å². The fraction of sp³-hybridized carbons (Fsp3) is 0.455. The average Bonchev–Trinajstić information content (AvgIpc) is 2.86. The van der Waals surface area contributed by atoms with E-state index in [1.165, 1.54) is 4.31 Å². The molecule has 0 amide bonds. The Balaban J connectivity index is 2.11. The highest BCUT2D eigenvalue weighted by molar-refractivity contribution is 7.89. The fourth-order valence-corrected chi connectivity index (χ4v) is 4.68. The number of nitrogens with one attached hydrogen (secondary N) is 1. The highest BCUT2D eigenvalue weighted by Gasteiger charge is 2.32. The minimum atomic E-state index is -3.51. The van der Waals surface area contributed by atoms with Crippen LogP contribution in [-0.4, -0.2) is 47.1 Å². The molecule has 1 N–H and O–H groups in total. The largest absolute Gasteiger partial charge is 0.314 e. The van der Waals surface area contributed by atoms with Gasteiger partial charge < -0.3 is 5.32 Å². The van der Waals surface area contributed by atoms with Gasteiger partial charge in [0.2, 0.25) is 10.0 Å². The number of rotatable bonds is 2. The lowest BCUT2D eigenvalue weighted by molar-refractivity contribution is 0.284. The Morgan fingerprint density at radius 1 is 1.42 bits per heavy atom. The Bertz CT molecular complexity index is 698. The number of hydrogen-bond donors (Lipinski definition) is 1. The van der Waals surface area contributed by atoms with Crippen molar-refractivity contribution in [3.05, 3.63) is 18.2 Å². The molecular formula is C11H14N4O2S2. The normalized spacial score (nSPS) is 21.8. The third kappa shape index (κ3) is 2.14. The topological polar surface area (TPSA) is 75.2 Å². The molecule has 2 aromatic rings. The number of piperazine rings is 1. The van der Waals surface area contributed by atoms with Crippen LogP contribution < -0.4 is 5.32 Å². The van der Waals surface area contributed by atoms with Gasteiger partial charge in [-0.2, -0.15) is 13.1 Å². The average molecular weight is 298 g/mol. The number of hydrogen-bond acceptors (Lipinski definition) is 6. The molecule has 0 spiro atoms. The molecule has 8 heteroatoms. The molecule has 1 aromatic carbocycles. The van der Waals surface area contributed by atoms with Crippen LogP contribution in [0, 0.1) is 0 Å². The lowest BCUT2D eigenvalue weighted by Crippen LogP contribution is -2.52. The fourth-order valence-electron chi connectivity index (χ4n) is 2.30. The second kappa shape index (κ2) is 4.78. The Morgan fingerprint density at radius 3 is 3.05 bits per heavy atom. The van der Waals surface area contributed by atoms with E-state index in [0.717, 1.165) is 11.7 Å². The zero-order valence-corrected chi connectivity index (χ0v) is 12.0. The van der Waals surface area contributed by atoms with Gasteiger partial charge in [-0.15, -0.1) is 0 Å². The molecule has 102 valence electrons. The van der Waals surface area contributed by atoms with Crippen LogP contribution in [0.15, 0.2) is 23.1 Å². The number of fused-ring (bicyclic) bond motifs is 1. The van der Waals surface area contributed by atoms with Crippen molar-refractivity contribution in [3.63, 3.8) is 0 Å². The second-order valence-corrected chi connectivity index (χ2v) is 6.94. The van der Waals surface area contributed by atoms with Crippen LogP contribution in [0.1, 0.15) is 6.92 Å². The van der Waals surface area contributed by atoms with Crippen LogP contribution in [0.5, 0.6) is 0 Å². The first-order valence-corrected chi connectivity index (χ1v) is 8.21. The van der Waals surface area contributed by atoms with Crippen LogP contribution in [0.25, 0.3) is 11.0 Å². The van der Waals surface area contributed by atoms with E-state index in [9.17, 15) is 8.42 Å². The summed E-state index contributed by atoms with van der Waals surface area (Å²) in [6.45, 7) is 3.74. The summed E-state index contributed by atoms with van der Waals surface area (Å²) >= 11 is 1.04. The summed E-state index contributed by atoms with van der Waals surface area (Å²) < 4.78 is 35.2. The van der Waals surface area contributed by atoms with E-state index < -0.39 is 10.0 Å². The first kappa shape index (κ1) is 12.9. The molecule has 2 heterocycles. The van der Waals surface area contributed by atoms with Crippen LogP contribution in [0.2, 0.25) is 0 Å². The van der Waals surface area contributed by atoms with Crippen molar-refractivity contribution < 1.29 is 8.42 Å². The molecule has 0 aliphatic carbocycles. The minimum Gasteiger partial charge on any atom is -0.314 e. The highest BCUT2D eigenvalue weighted by atomic mass is 32.2. The van der Waals surface area contributed by atoms with Crippen LogP contribution in [-0.2, 0) is 10.0 Å². The summed E-state index contributed by atoms with van der Waals surface area (Å²) in [5, 5.41) is 3.19. The predicted octanol–water partition coefficient (Wildman–Crippen LogP) is 0.674. The highest BCUT2D eigenvalue weighted by Crippen LogP contribution is 2.25. The molecular weight excluding hydrogens is 284 g/mol. The van der Waals surface area contributed by atoms with Gasteiger partial charge in [-0.3, -0.25) is 0 Å². The van der Waals surface area contributed by atoms with Gasteiger partial charge in [0.15, 0.2) is 0 Å². The number of aromatic nitrogens is 2. The number of benzene rings is 1. The SMILES string of the molecule is C[C@H]1CNCCN1S(=O)(=O)c1cccc2nsnc12. The van der Waals surface area contributed by atoms with Gasteiger partial charge in [-0.05, 0) is 19.1 Å². The molecule has 0 bridgehead atoms. The Hall–Kier alpha value is -1.09. The zero-order chi connectivity index (χ0) is 13.5. The number of sulfonamides is 1. The summed E-state index contributed by atoms with van der Waals surface area (Å²) in [5.74, 6) is 0. The Morgan fingerprint density at radius 2 is 2.26 bits per heavy atom. The van der Waals surface area contributed by atoms with Gasteiger partial charge in [0, 0.05) is 25.7 Å². The molecule has 1 saturated heterocycles. The van der Waals surface area contributed by atoms with Crippen molar-refractivity contribution in [2.45, 2.75) is 17.9 Å². The molecule has 1 aliphatic rings. The molecule has 6 nitrogen and oxygen atoms in total. The Kier molecular flexibility index (Phi) is 3.25. The molecule has 19 heavy (non-hydrogen) atoms. The van der Waals surface area contributed by atoms with Crippen molar-refractivity contribution in [1.82, 2.24) is 18.4 Å². The molecule has 1 aromatic heterocycles. The summed E-state index contributed by atoms with van der Waals surface area (Å²) in [6.07, 6.45) is 0. The monoisotopic (exact) mass is 298 g/mol. The smallest absolute Gasteiger partial charge is 0.245 e. The van der Waals surface area contributed by atoms with E-state index in [-0.39, 0.29) is 10.9 Å². The Labute approximate surface area is 115 Å². The molecule has 1 atom stereocenters. The van der Waals surface area contributed by atoms with E-state index in [2.05, 4.69) is 14.1 Å². The van der Waals surface area contributed by atoms with Gasteiger partial charge >= 0.3 is 0 Å². The zero-order valence-electron chi connectivity index (χ0n) is 10.4. The standard InChI is InChI=1S/C11H14N4O2S2/c1-8-7-12-5-6-15(8)19(16,17)10-4-2-3-9-11(10)14-18-13-9/h2-4,8,12H,5-7H2,1H3/t8-/m0/s1. The summed E-state index contributed by atoms with van der Waals surface area (Å²) in [5.41, 5.74) is 1.10. The molecule has 1 fully saturated rings. The predicted molar refractivity (Wildman–Crippen MR) is 73.6 cm³/mol. The molecule has 3 rings (SSSR count). The third-order valence-corrected chi connectivity index (χ3v) is 5.86. The lowest BCUT2D eigenvalue weighted by atomic mass is 10.3. The van der Waals surface area contributed by atoms with E-state index in [4.69, 9.17) is 0 Å². The van der Waals surface area contributed by atoms with Gasteiger partial charge in [0.1, 0.15) is 15.9 Å². The van der Waals surface area contributed by atoms with Gasteiger partial charge in [0.05, 0.1) is 11.7 Å². The first-order valence-electron chi connectivity index (χ1n) is 6.04.